The zero-order valence-electron chi connectivity index (χ0n) is 13.6. The van der Waals surface area contributed by atoms with Crippen molar-refractivity contribution in [3.05, 3.63) is 24.3 Å². The quantitative estimate of drug-likeness (QED) is 0.753. The van der Waals surface area contributed by atoms with Gasteiger partial charge in [-0.2, -0.15) is 0 Å². The summed E-state index contributed by atoms with van der Waals surface area (Å²) in [5.41, 5.74) is 0.220. The van der Waals surface area contributed by atoms with E-state index < -0.39 is 6.10 Å². The molecule has 2 aliphatic rings. The maximum atomic E-state index is 12.3. The van der Waals surface area contributed by atoms with E-state index in [-0.39, 0.29) is 30.1 Å². The first-order valence-electron chi connectivity index (χ1n) is 8.38. The van der Waals surface area contributed by atoms with Crippen LogP contribution in [-0.4, -0.2) is 81.6 Å². The van der Waals surface area contributed by atoms with Gasteiger partial charge in [-0.25, -0.2) is 4.98 Å². The van der Waals surface area contributed by atoms with Gasteiger partial charge < -0.3 is 15.3 Å². The Bertz CT molecular complexity index is 576. The van der Waals surface area contributed by atoms with Gasteiger partial charge in [0.15, 0.2) is 0 Å². The third-order valence-electron chi connectivity index (χ3n) is 4.60. The largest absolute Gasteiger partial charge is 0.389 e. The Morgan fingerprint density at radius 2 is 2.04 bits per heavy atom. The number of piperidine rings is 1. The molecule has 2 atom stereocenters. The molecular weight excluding hydrogens is 310 g/mol. The number of aromatic nitrogens is 2. The van der Waals surface area contributed by atoms with Crippen LogP contribution in [0.1, 0.15) is 29.8 Å². The summed E-state index contributed by atoms with van der Waals surface area (Å²) in [4.78, 5) is 36.0. The average molecular weight is 333 g/mol. The molecule has 24 heavy (non-hydrogen) atoms. The predicted octanol–water partition coefficient (Wildman–Crippen LogP) is -0.736. The number of carbonyl (C=O) groups is 2. The molecule has 1 aromatic heterocycles. The van der Waals surface area contributed by atoms with Gasteiger partial charge in [-0.15, -0.1) is 0 Å². The van der Waals surface area contributed by atoms with E-state index >= 15 is 0 Å². The number of hydrogen-bond acceptors (Lipinski definition) is 6. The summed E-state index contributed by atoms with van der Waals surface area (Å²) < 4.78 is 0. The molecule has 2 fully saturated rings. The highest BCUT2D eigenvalue weighted by atomic mass is 16.3. The highest BCUT2D eigenvalue weighted by Gasteiger charge is 2.32. The maximum absolute atomic E-state index is 12.3. The third kappa shape index (κ3) is 4.07. The van der Waals surface area contributed by atoms with Crippen LogP contribution in [-0.2, 0) is 4.79 Å². The fourth-order valence-electron chi connectivity index (χ4n) is 3.22. The molecule has 3 heterocycles. The first-order valence-corrected chi connectivity index (χ1v) is 8.38. The van der Waals surface area contributed by atoms with E-state index in [4.69, 9.17) is 0 Å². The van der Waals surface area contributed by atoms with Crippen LogP contribution in [0, 0.1) is 0 Å². The molecule has 0 unspecified atom stereocenters. The number of nitrogens with zero attached hydrogens (tertiary/aromatic N) is 4. The van der Waals surface area contributed by atoms with Crippen LogP contribution in [0.5, 0.6) is 0 Å². The van der Waals surface area contributed by atoms with E-state index in [2.05, 4.69) is 20.2 Å². The van der Waals surface area contributed by atoms with E-state index in [1.807, 2.05) is 0 Å². The first kappa shape index (κ1) is 16.8. The monoisotopic (exact) mass is 333 g/mol. The number of aliphatic hydroxyl groups is 1. The highest BCUT2D eigenvalue weighted by molar-refractivity contribution is 5.92. The molecule has 2 amide bonds. The van der Waals surface area contributed by atoms with E-state index in [9.17, 15) is 14.7 Å². The highest BCUT2D eigenvalue weighted by Crippen LogP contribution is 2.14. The van der Waals surface area contributed by atoms with Crippen LogP contribution in [0.25, 0.3) is 0 Å². The predicted molar refractivity (Wildman–Crippen MR) is 86.2 cm³/mol. The Balaban J connectivity index is 1.49. The lowest BCUT2D eigenvalue weighted by Gasteiger charge is -2.36. The minimum Gasteiger partial charge on any atom is -0.389 e. The molecule has 8 heteroatoms. The molecule has 0 saturated carbocycles. The van der Waals surface area contributed by atoms with Gasteiger partial charge in [-0.3, -0.25) is 19.5 Å². The number of β-amino-alcohol motifs (C(OH)–C–C–N with tert-alkyl or cyclic N) is 1. The first-order chi connectivity index (χ1) is 11.6. The summed E-state index contributed by atoms with van der Waals surface area (Å²) in [5, 5.41) is 13.1. The average Bonchev–Trinajstić information content (AvgIpc) is 3.10. The number of aliphatic hydroxyl groups excluding tert-OH is 1. The Hall–Kier alpha value is -2.06. The number of likely N-dealkylation sites (tertiary alicyclic amines) is 2. The third-order valence-corrected chi connectivity index (χ3v) is 4.60. The lowest BCUT2D eigenvalue weighted by Crippen LogP contribution is -2.56. The number of amides is 2. The van der Waals surface area contributed by atoms with E-state index in [1.54, 1.807) is 4.90 Å². The number of nitrogens with one attached hydrogen (secondary N) is 1. The van der Waals surface area contributed by atoms with Crippen molar-refractivity contribution in [3.8, 4) is 0 Å². The summed E-state index contributed by atoms with van der Waals surface area (Å²) in [6.07, 6.45) is 6.37. The van der Waals surface area contributed by atoms with Crippen molar-refractivity contribution in [1.29, 1.82) is 0 Å². The fourth-order valence-corrected chi connectivity index (χ4v) is 3.22. The van der Waals surface area contributed by atoms with Crippen molar-refractivity contribution in [2.75, 3.05) is 32.7 Å². The molecule has 2 saturated heterocycles. The Kier molecular flexibility index (Phi) is 5.37. The Morgan fingerprint density at radius 3 is 2.71 bits per heavy atom. The summed E-state index contributed by atoms with van der Waals surface area (Å²) >= 11 is 0. The summed E-state index contributed by atoms with van der Waals surface area (Å²) in [5.74, 6) is -0.307. The second-order valence-electron chi connectivity index (χ2n) is 6.35. The molecule has 0 spiro atoms. The van der Waals surface area contributed by atoms with E-state index in [0.29, 0.717) is 19.5 Å². The molecule has 0 radical (unpaired) electrons. The minimum atomic E-state index is -0.776. The van der Waals surface area contributed by atoms with Crippen LogP contribution < -0.4 is 5.32 Å². The molecule has 1 aromatic rings. The van der Waals surface area contributed by atoms with Gasteiger partial charge in [0.2, 0.25) is 5.91 Å². The second-order valence-corrected chi connectivity index (χ2v) is 6.35. The van der Waals surface area contributed by atoms with Gasteiger partial charge in [-0.1, -0.05) is 0 Å². The number of hydrogen-bond donors (Lipinski definition) is 2. The Morgan fingerprint density at radius 1 is 1.25 bits per heavy atom. The molecule has 0 bridgehead atoms. The Labute approximate surface area is 140 Å². The van der Waals surface area contributed by atoms with Gasteiger partial charge in [0, 0.05) is 25.5 Å². The summed E-state index contributed by atoms with van der Waals surface area (Å²) in [6.45, 7) is 3.15. The SMILES string of the molecule is O=C(N[C@@H]1CCN(C(=O)CN2CCCC2)C[C@H]1O)c1cnccn1. The molecule has 8 nitrogen and oxygen atoms in total. The van der Waals surface area contributed by atoms with Crippen LogP contribution in [0.3, 0.4) is 0 Å². The molecular formula is C16H23N5O3. The van der Waals surface area contributed by atoms with Crippen molar-refractivity contribution < 1.29 is 14.7 Å². The van der Waals surface area contributed by atoms with Crippen LogP contribution >= 0.6 is 0 Å². The summed E-state index contributed by atoms with van der Waals surface area (Å²) in [6, 6.07) is -0.379. The van der Waals surface area contributed by atoms with Gasteiger partial charge in [0.25, 0.3) is 5.91 Å². The summed E-state index contributed by atoms with van der Waals surface area (Å²) in [7, 11) is 0. The smallest absolute Gasteiger partial charge is 0.271 e. The van der Waals surface area contributed by atoms with Gasteiger partial charge in [-0.05, 0) is 32.4 Å². The topological polar surface area (TPSA) is 98.7 Å². The zero-order valence-corrected chi connectivity index (χ0v) is 13.6. The van der Waals surface area contributed by atoms with Gasteiger partial charge in [0.1, 0.15) is 5.69 Å². The molecule has 130 valence electrons. The standard InChI is InChI=1S/C16H23N5O3/c22-14-10-21(15(23)11-20-6-1-2-7-20)8-3-12(14)19-16(24)13-9-17-4-5-18-13/h4-5,9,12,14,22H,1-3,6-8,10-11H2,(H,19,24)/t12-,14-/m1/s1. The van der Waals surface area contributed by atoms with E-state index in [0.717, 1.165) is 25.9 Å². The molecule has 2 aliphatic heterocycles. The molecule has 3 rings (SSSR count). The normalized spacial score (nSPS) is 24.8. The van der Waals surface area contributed by atoms with Gasteiger partial charge in [0.05, 0.1) is 24.9 Å². The maximum Gasteiger partial charge on any atom is 0.271 e. The molecule has 0 aliphatic carbocycles. The van der Waals surface area contributed by atoms with Gasteiger partial charge >= 0.3 is 0 Å². The van der Waals surface area contributed by atoms with Crippen molar-refractivity contribution >= 4 is 11.8 Å². The lowest BCUT2D eigenvalue weighted by atomic mass is 10.0. The minimum absolute atomic E-state index is 0.0506. The van der Waals surface area contributed by atoms with Crippen LogP contribution in [0.4, 0.5) is 0 Å². The van der Waals surface area contributed by atoms with E-state index in [1.165, 1.54) is 18.6 Å². The lowest BCUT2D eigenvalue weighted by molar-refractivity contribution is -0.135. The number of carbonyl (C=O) groups excluding carboxylic acids is 2. The van der Waals surface area contributed by atoms with Crippen molar-refractivity contribution in [2.45, 2.75) is 31.4 Å². The molecule has 2 N–H and O–H groups in total. The fraction of sp³-hybridized carbons (Fsp3) is 0.625. The van der Waals surface area contributed by atoms with Crippen molar-refractivity contribution in [1.82, 2.24) is 25.1 Å². The van der Waals surface area contributed by atoms with Crippen LogP contribution in [0.15, 0.2) is 18.6 Å². The zero-order chi connectivity index (χ0) is 16.9. The number of rotatable bonds is 4. The van der Waals surface area contributed by atoms with Crippen molar-refractivity contribution in [2.24, 2.45) is 0 Å². The van der Waals surface area contributed by atoms with Crippen LogP contribution in [0.2, 0.25) is 0 Å². The second kappa shape index (κ2) is 7.67. The van der Waals surface area contributed by atoms with Crippen molar-refractivity contribution in [3.63, 3.8) is 0 Å². The molecule has 0 aromatic carbocycles.